The van der Waals surface area contributed by atoms with Gasteiger partial charge in [-0.1, -0.05) is 0 Å². The van der Waals surface area contributed by atoms with Gasteiger partial charge in [0.2, 0.25) is 0 Å². The summed E-state index contributed by atoms with van der Waals surface area (Å²) >= 11 is 3.14. The van der Waals surface area contributed by atoms with E-state index >= 15 is 0 Å². The molecule has 1 nitrogen and oxygen atoms in total. The van der Waals surface area contributed by atoms with Crippen LogP contribution in [0.2, 0.25) is 0 Å². The molecule has 0 amide bonds. The fraction of sp³-hybridized carbons (Fsp3) is 0.647. The molecular weight excluding hydrogens is 336 g/mol. The van der Waals surface area contributed by atoms with Gasteiger partial charge in [0.15, 0.2) is 0 Å². The first kappa shape index (κ1) is 14.1. The van der Waals surface area contributed by atoms with Gasteiger partial charge in [-0.25, -0.2) is 8.78 Å². The third-order valence-corrected chi connectivity index (χ3v) is 6.43. The third kappa shape index (κ3) is 2.44. The van der Waals surface area contributed by atoms with Gasteiger partial charge < -0.3 is 5.32 Å². The summed E-state index contributed by atoms with van der Waals surface area (Å²) in [6.07, 6.45) is 7.70. The van der Waals surface area contributed by atoms with Crippen LogP contribution in [0.25, 0.3) is 0 Å². The van der Waals surface area contributed by atoms with Gasteiger partial charge in [0, 0.05) is 17.6 Å². The van der Waals surface area contributed by atoms with Crippen molar-refractivity contribution >= 4 is 15.9 Å². The topological polar surface area (TPSA) is 12.0 Å². The van der Waals surface area contributed by atoms with Gasteiger partial charge in [-0.3, -0.25) is 0 Å². The Morgan fingerprint density at radius 3 is 2.19 bits per heavy atom. The molecule has 0 unspecified atom stereocenters. The molecule has 4 heteroatoms. The summed E-state index contributed by atoms with van der Waals surface area (Å²) in [5.74, 6) is 1.59. The molecule has 4 saturated carbocycles. The standard InChI is InChI=1S/C17H20BrF2N/c18-14-1-2-15(19)13(16(14)20)9-21-17-6-10-3-11(7-17)5-12(4-10)8-17/h1-2,10-12,21H,3-9H2. The Morgan fingerprint density at radius 1 is 1.05 bits per heavy atom. The van der Waals surface area contributed by atoms with Crippen molar-refractivity contribution in [2.24, 2.45) is 17.8 Å². The van der Waals surface area contributed by atoms with Crippen molar-refractivity contribution in [3.8, 4) is 0 Å². The molecule has 0 radical (unpaired) electrons. The second-order valence-electron chi connectivity index (χ2n) is 7.37. The van der Waals surface area contributed by atoms with E-state index in [1.54, 1.807) is 0 Å². The second-order valence-corrected chi connectivity index (χ2v) is 8.23. The quantitative estimate of drug-likeness (QED) is 0.769. The van der Waals surface area contributed by atoms with E-state index in [0.717, 1.165) is 17.8 Å². The van der Waals surface area contributed by atoms with Crippen molar-refractivity contribution in [3.05, 3.63) is 33.8 Å². The SMILES string of the molecule is Fc1ccc(Br)c(F)c1CNC12CC3CC(CC(C3)C1)C2. The predicted molar refractivity (Wildman–Crippen MR) is 81.8 cm³/mol. The predicted octanol–water partition coefficient (Wildman–Crippen LogP) is 4.79. The van der Waals surface area contributed by atoms with E-state index in [-0.39, 0.29) is 11.1 Å². The van der Waals surface area contributed by atoms with Crippen LogP contribution in [0.15, 0.2) is 16.6 Å². The molecule has 0 saturated heterocycles. The van der Waals surface area contributed by atoms with Crippen molar-refractivity contribution in [2.45, 2.75) is 50.6 Å². The van der Waals surface area contributed by atoms with E-state index in [0.29, 0.717) is 11.0 Å². The summed E-state index contributed by atoms with van der Waals surface area (Å²) in [5, 5.41) is 3.55. The van der Waals surface area contributed by atoms with Crippen molar-refractivity contribution in [3.63, 3.8) is 0 Å². The van der Waals surface area contributed by atoms with Crippen LogP contribution >= 0.6 is 15.9 Å². The van der Waals surface area contributed by atoms with Crippen LogP contribution in [-0.4, -0.2) is 5.54 Å². The van der Waals surface area contributed by atoms with Crippen molar-refractivity contribution in [1.29, 1.82) is 0 Å². The van der Waals surface area contributed by atoms with Gasteiger partial charge >= 0.3 is 0 Å². The second kappa shape index (κ2) is 5.02. The largest absolute Gasteiger partial charge is 0.307 e. The third-order valence-electron chi connectivity index (χ3n) is 5.82. The molecule has 4 aliphatic carbocycles. The normalized spacial score (nSPS) is 37.2. The zero-order chi connectivity index (χ0) is 14.6. The molecule has 1 aromatic rings. The highest BCUT2D eigenvalue weighted by atomic mass is 79.9. The molecule has 0 heterocycles. The molecule has 4 fully saturated rings. The number of halogens is 3. The summed E-state index contributed by atoms with van der Waals surface area (Å²) in [5.41, 5.74) is 0.302. The molecule has 0 aliphatic heterocycles. The van der Waals surface area contributed by atoms with E-state index < -0.39 is 11.6 Å². The van der Waals surface area contributed by atoms with E-state index in [2.05, 4.69) is 21.2 Å². The Bertz CT molecular complexity index is 537. The highest BCUT2D eigenvalue weighted by molar-refractivity contribution is 9.10. The Labute approximate surface area is 132 Å². The zero-order valence-electron chi connectivity index (χ0n) is 12.0. The number of nitrogens with one attached hydrogen (secondary N) is 1. The van der Waals surface area contributed by atoms with Crippen LogP contribution in [0, 0.1) is 29.4 Å². The van der Waals surface area contributed by atoms with Crippen LogP contribution in [0.4, 0.5) is 8.78 Å². The summed E-state index contributed by atoms with van der Waals surface area (Å²) in [4.78, 5) is 0. The maximum atomic E-state index is 14.1. The average molecular weight is 356 g/mol. The smallest absolute Gasteiger partial charge is 0.144 e. The lowest BCUT2D eigenvalue weighted by atomic mass is 9.53. The van der Waals surface area contributed by atoms with Crippen LogP contribution in [0.1, 0.15) is 44.1 Å². The summed E-state index contributed by atoms with van der Waals surface area (Å²) in [7, 11) is 0. The Morgan fingerprint density at radius 2 is 1.62 bits per heavy atom. The van der Waals surface area contributed by atoms with E-state index in [1.807, 2.05) is 0 Å². The molecule has 5 rings (SSSR count). The molecule has 1 N–H and O–H groups in total. The Kier molecular flexibility index (Phi) is 3.38. The van der Waals surface area contributed by atoms with Gasteiger partial charge in [-0.15, -0.1) is 0 Å². The first-order chi connectivity index (χ1) is 10.0. The summed E-state index contributed by atoms with van der Waals surface area (Å²) in [6.45, 7) is 0.295. The maximum absolute atomic E-state index is 14.1. The summed E-state index contributed by atoms with van der Waals surface area (Å²) in [6, 6.07) is 2.77. The lowest BCUT2D eigenvalue weighted by molar-refractivity contribution is -0.0208. The van der Waals surface area contributed by atoms with Crippen LogP contribution in [0.5, 0.6) is 0 Å². The molecule has 21 heavy (non-hydrogen) atoms. The molecule has 0 spiro atoms. The number of benzene rings is 1. The van der Waals surface area contributed by atoms with E-state index in [9.17, 15) is 8.78 Å². The van der Waals surface area contributed by atoms with Crippen molar-refractivity contribution < 1.29 is 8.78 Å². The van der Waals surface area contributed by atoms with Gasteiger partial charge in [-0.2, -0.15) is 0 Å². The summed E-state index contributed by atoms with van der Waals surface area (Å²) < 4.78 is 28.3. The lowest BCUT2D eigenvalue weighted by Crippen LogP contribution is -2.58. The van der Waals surface area contributed by atoms with Crippen LogP contribution in [0.3, 0.4) is 0 Å². The highest BCUT2D eigenvalue weighted by Gasteiger charge is 2.50. The molecular formula is C17H20BrF2N. The zero-order valence-corrected chi connectivity index (χ0v) is 13.6. The monoisotopic (exact) mass is 355 g/mol. The molecule has 0 atom stereocenters. The Hall–Kier alpha value is -0.480. The number of hydrogen-bond donors (Lipinski definition) is 1. The van der Waals surface area contributed by atoms with Gasteiger partial charge in [0.25, 0.3) is 0 Å². The lowest BCUT2D eigenvalue weighted by Gasteiger charge is -2.57. The number of rotatable bonds is 3. The average Bonchev–Trinajstić information content (AvgIpc) is 2.41. The van der Waals surface area contributed by atoms with E-state index in [4.69, 9.17) is 0 Å². The molecule has 114 valence electrons. The Balaban J connectivity index is 1.54. The van der Waals surface area contributed by atoms with Crippen molar-refractivity contribution in [2.75, 3.05) is 0 Å². The minimum Gasteiger partial charge on any atom is -0.307 e. The highest BCUT2D eigenvalue weighted by Crippen LogP contribution is 2.55. The molecule has 1 aromatic carbocycles. The minimum absolute atomic E-state index is 0.135. The first-order valence-electron chi connectivity index (χ1n) is 7.92. The molecule has 4 bridgehead atoms. The number of hydrogen-bond acceptors (Lipinski definition) is 1. The first-order valence-corrected chi connectivity index (χ1v) is 8.71. The van der Waals surface area contributed by atoms with Crippen LogP contribution in [-0.2, 0) is 6.54 Å². The maximum Gasteiger partial charge on any atom is 0.144 e. The fourth-order valence-corrected chi connectivity index (χ4v) is 5.71. The molecule has 0 aromatic heterocycles. The molecule has 4 aliphatic rings. The van der Waals surface area contributed by atoms with Crippen molar-refractivity contribution in [1.82, 2.24) is 5.32 Å². The van der Waals surface area contributed by atoms with Crippen LogP contribution < -0.4 is 5.32 Å². The van der Waals surface area contributed by atoms with Gasteiger partial charge in [-0.05, 0) is 84.3 Å². The minimum atomic E-state index is -0.466. The van der Waals surface area contributed by atoms with Gasteiger partial charge in [0.05, 0.1) is 4.47 Å². The fourth-order valence-electron chi connectivity index (χ4n) is 5.33. The van der Waals surface area contributed by atoms with Gasteiger partial charge in [0.1, 0.15) is 11.6 Å². The van der Waals surface area contributed by atoms with E-state index in [1.165, 1.54) is 50.7 Å².